The maximum Gasteiger partial charge on any atom is 0.186 e. The number of nitrogens with one attached hydrogen (secondary N) is 1. The Bertz CT molecular complexity index is 425. The van der Waals surface area contributed by atoms with Crippen LogP contribution in [0.1, 0.15) is 36.8 Å². The summed E-state index contributed by atoms with van der Waals surface area (Å²) in [6, 6.07) is 0.592. The van der Waals surface area contributed by atoms with Crippen molar-refractivity contribution in [1.82, 2.24) is 10.3 Å². The van der Waals surface area contributed by atoms with Crippen molar-refractivity contribution in [3.05, 3.63) is 10.6 Å². The first kappa shape index (κ1) is 16.7. The number of hydrogen-bond acceptors (Lipinski definition) is 6. The van der Waals surface area contributed by atoms with Crippen molar-refractivity contribution in [3.8, 4) is 0 Å². The van der Waals surface area contributed by atoms with Gasteiger partial charge in [-0.15, -0.1) is 11.3 Å². The van der Waals surface area contributed by atoms with Crippen molar-refractivity contribution in [3.63, 3.8) is 0 Å². The Kier molecular flexibility index (Phi) is 6.89. The molecular formula is C15H27N3O2S. The number of piperidine rings is 1. The highest BCUT2D eigenvalue weighted by atomic mass is 32.1. The number of aromatic nitrogens is 1. The average molecular weight is 313 g/mol. The van der Waals surface area contributed by atoms with E-state index >= 15 is 0 Å². The topological polar surface area (TPSA) is 46.6 Å². The van der Waals surface area contributed by atoms with Gasteiger partial charge in [0.2, 0.25) is 0 Å². The molecule has 5 nitrogen and oxygen atoms in total. The van der Waals surface area contributed by atoms with E-state index in [1.165, 1.54) is 24.1 Å². The van der Waals surface area contributed by atoms with Gasteiger partial charge in [0.25, 0.3) is 0 Å². The van der Waals surface area contributed by atoms with Crippen molar-refractivity contribution in [1.29, 1.82) is 0 Å². The minimum Gasteiger partial charge on any atom is -0.383 e. The third kappa shape index (κ3) is 4.64. The zero-order valence-corrected chi connectivity index (χ0v) is 14.2. The molecule has 1 saturated heterocycles. The molecule has 1 N–H and O–H groups in total. The van der Waals surface area contributed by atoms with Gasteiger partial charge >= 0.3 is 0 Å². The van der Waals surface area contributed by atoms with Crippen LogP contribution >= 0.6 is 11.3 Å². The zero-order chi connectivity index (χ0) is 15.1. The number of ether oxygens (including phenoxy) is 2. The molecule has 120 valence electrons. The lowest BCUT2D eigenvalue weighted by molar-refractivity contribution is 0.181. The van der Waals surface area contributed by atoms with Crippen LogP contribution in [0.3, 0.4) is 0 Å². The highest BCUT2D eigenvalue weighted by molar-refractivity contribution is 7.15. The summed E-state index contributed by atoms with van der Waals surface area (Å²) in [5.41, 5.74) is 1.07. The highest BCUT2D eigenvalue weighted by Crippen LogP contribution is 2.31. The molecule has 1 aromatic heterocycles. The van der Waals surface area contributed by atoms with Gasteiger partial charge in [0.15, 0.2) is 5.13 Å². The van der Waals surface area contributed by atoms with E-state index in [0.717, 1.165) is 37.1 Å². The third-order valence-electron chi connectivity index (χ3n) is 3.87. The molecule has 0 amide bonds. The Balaban J connectivity index is 2.04. The van der Waals surface area contributed by atoms with Crippen LogP contribution in [0.2, 0.25) is 0 Å². The minimum absolute atomic E-state index is 0.583. The van der Waals surface area contributed by atoms with Gasteiger partial charge in [0.05, 0.1) is 18.9 Å². The molecule has 1 aromatic rings. The molecule has 0 bridgehead atoms. The van der Waals surface area contributed by atoms with E-state index in [1.54, 1.807) is 25.6 Å². The number of nitrogens with zero attached hydrogens (tertiary/aromatic N) is 2. The van der Waals surface area contributed by atoms with Crippen LogP contribution in [0.25, 0.3) is 0 Å². The van der Waals surface area contributed by atoms with E-state index in [2.05, 4.69) is 17.1 Å². The van der Waals surface area contributed by atoms with Crippen molar-refractivity contribution in [2.45, 2.75) is 45.4 Å². The third-order valence-corrected chi connectivity index (χ3v) is 5.00. The average Bonchev–Trinajstić information content (AvgIpc) is 2.87. The molecule has 0 saturated carbocycles. The second-order valence-corrected chi connectivity index (χ2v) is 6.57. The first-order chi connectivity index (χ1) is 10.3. The van der Waals surface area contributed by atoms with Gasteiger partial charge < -0.3 is 19.7 Å². The lowest BCUT2D eigenvalue weighted by atomic mass is 10.1. The summed E-state index contributed by atoms with van der Waals surface area (Å²) in [4.78, 5) is 8.55. The number of anilines is 1. The van der Waals surface area contributed by atoms with E-state index in [0.29, 0.717) is 12.6 Å². The molecule has 1 aliphatic rings. The van der Waals surface area contributed by atoms with Gasteiger partial charge in [-0.2, -0.15) is 0 Å². The van der Waals surface area contributed by atoms with Crippen LogP contribution in [0.4, 0.5) is 5.13 Å². The molecular weight excluding hydrogens is 286 g/mol. The van der Waals surface area contributed by atoms with Gasteiger partial charge in [-0.1, -0.05) is 0 Å². The summed E-state index contributed by atoms with van der Waals surface area (Å²) < 4.78 is 10.4. The van der Waals surface area contributed by atoms with Gasteiger partial charge in [-0.3, -0.25) is 0 Å². The Morgan fingerprint density at radius 1 is 1.33 bits per heavy atom. The molecule has 2 heterocycles. The minimum atomic E-state index is 0.583. The van der Waals surface area contributed by atoms with Crippen LogP contribution in [-0.2, 0) is 22.6 Å². The highest BCUT2D eigenvalue weighted by Gasteiger charge is 2.23. The summed E-state index contributed by atoms with van der Waals surface area (Å²) in [5, 5.41) is 4.55. The molecule has 0 spiro atoms. The van der Waals surface area contributed by atoms with E-state index in [9.17, 15) is 0 Å². The Hall–Kier alpha value is -0.690. The predicted octanol–water partition coefficient (Wildman–Crippen LogP) is 2.40. The maximum absolute atomic E-state index is 5.30. The van der Waals surface area contributed by atoms with Gasteiger partial charge in [0.1, 0.15) is 0 Å². The summed E-state index contributed by atoms with van der Waals surface area (Å²) in [6.45, 7) is 6.43. The summed E-state index contributed by atoms with van der Waals surface area (Å²) >= 11 is 1.80. The number of rotatable bonds is 8. The fourth-order valence-electron chi connectivity index (χ4n) is 2.64. The summed E-state index contributed by atoms with van der Waals surface area (Å²) in [5.74, 6) is 0. The zero-order valence-electron chi connectivity index (χ0n) is 13.4. The first-order valence-electron chi connectivity index (χ1n) is 7.70. The Morgan fingerprint density at radius 2 is 2.19 bits per heavy atom. The van der Waals surface area contributed by atoms with E-state index in [-0.39, 0.29) is 0 Å². The lowest BCUT2D eigenvalue weighted by Crippen LogP contribution is -2.37. The van der Waals surface area contributed by atoms with Crippen molar-refractivity contribution < 1.29 is 9.47 Å². The largest absolute Gasteiger partial charge is 0.383 e. The van der Waals surface area contributed by atoms with E-state index < -0.39 is 0 Å². The van der Waals surface area contributed by atoms with E-state index in [4.69, 9.17) is 14.5 Å². The Morgan fingerprint density at radius 3 is 2.90 bits per heavy atom. The molecule has 2 rings (SSSR count). The lowest BCUT2D eigenvalue weighted by Gasteiger charge is -2.33. The number of methoxy groups -OCH3 is 2. The molecule has 1 aliphatic heterocycles. The standard InChI is InChI=1S/C15H27N3O2S/c1-12-6-4-5-8-18(12)15-17-13(11-20-3)14(21-15)10-16-7-9-19-2/h12,16H,4-11H2,1-3H3. The van der Waals surface area contributed by atoms with Crippen LogP contribution < -0.4 is 10.2 Å². The SMILES string of the molecule is COCCNCc1sc(N2CCCCC2C)nc1COC. The summed E-state index contributed by atoms with van der Waals surface area (Å²) in [6.07, 6.45) is 3.87. The van der Waals surface area contributed by atoms with Crippen molar-refractivity contribution in [2.75, 3.05) is 38.8 Å². The normalized spacial score (nSPS) is 19.2. The molecule has 6 heteroatoms. The molecule has 0 aromatic carbocycles. The molecule has 21 heavy (non-hydrogen) atoms. The van der Waals surface area contributed by atoms with Crippen molar-refractivity contribution >= 4 is 16.5 Å². The number of hydrogen-bond donors (Lipinski definition) is 1. The molecule has 0 aliphatic carbocycles. The smallest absolute Gasteiger partial charge is 0.186 e. The maximum atomic E-state index is 5.30. The fourth-order valence-corrected chi connectivity index (χ4v) is 3.80. The van der Waals surface area contributed by atoms with Crippen LogP contribution in [0.5, 0.6) is 0 Å². The molecule has 1 atom stereocenters. The number of thiazole rings is 1. The van der Waals surface area contributed by atoms with E-state index in [1.807, 2.05) is 0 Å². The van der Waals surface area contributed by atoms with Crippen LogP contribution in [-0.4, -0.2) is 44.9 Å². The first-order valence-corrected chi connectivity index (χ1v) is 8.51. The van der Waals surface area contributed by atoms with Crippen molar-refractivity contribution in [2.24, 2.45) is 0 Å². The predicted molar refractivity (Wildman–Crippen MR) is 87.1 cm³/mol. The van der Waals surface area contributed by atoms with Crippen LogP contribution in [0, 0.1) is 0 Å². The van der Waals surface area contributed by atoms with Gasteiger partial charge in [-0.25, -0.2) is 4.98 Å². The molecule has 1 unspecified atom stereocenters. The quantitative estimate of drug-likeness (QED) is 0.747. The fraction of sp³-hybridized carbons (Fsp3) is 0.800. The second-order valence-electron chi connectivity index (χ2n) is 5.51. The van der Waals surface area contributed by atoms with Gasteiger partial charge in [-0.05, 0) is 26.2 Å². The Labute approximate surface area is 131 Å². The monoisotopic (exact) mass is 313 g/mol. The second kappa shape index (κ2) is 8.68. The van der Waals surface area contributed by atoms with Crippen LogP contribution in [0.15, 0.2) is 0 Å². The summed E-state index contributed by atoms with van der Waals surface area (Å²) in [7, 11) is 3.45. The van der Waals surface area contributed by atoms with Gasteiger partial charge in [0, 0.05) is 44.8 Å². The molecule has 0 radical (unpaired) electrons. The molecule has 1 fully saturated rings.